The van der Waals surface area contributed by atoms with E-state index in [4.69, 9.17) is 0 Å². The van der Waals surface area contributed by atoms with Crippen molar-refractivity contribution in [2.75, 3.05) is 4.72 Å². The van der Waals surface area contributed by atoms with Crippen molar-refractivity contribution in [3.63, 3.8) is 0 Å². The van der Waals surface area contributed by atoms with Crippen LogP contribution in [-0.2, 0) is 13.0 Å². The van der Waals surface area contributed by atoms with E-state index in [0.29, 0.717) is 4.90 Å². The minimum Gasteiger partial charge on any atom is -0.385 e. The number of halogens is 2. The summed E-state index contributed by atoms with van der Waals surface area (Å²) >= 11 is 1.12. The van der Waals surface area contributed by atoms with E-state index >= 15 is 0 Å². The smallest absolute Gasteiger partial charge is 0.141 e. The van der Waals surface area contributed by atoms with Gasteiger partial charge >= 0.3 is 0 Å². The summed E-state index contributed by atoms with van der Waals surface area (Å²) in [6.45, 7) is 4.93. The molecule has 3 rings (SSSR count). The molecule has 0 bridgehead atoms. The number of rotatable bonds is 8. The van der Waals surface area contributed by atoms with Crippen molar-refractivity contribution in [2.45, 2.75) is 31.7 Å². The third kappa shape index (κ3) is 6.36. The van der Waals surface area contributed by atoms with Crippen molar-refractivity contribution in [3.05, 3.63) is 107 Å². The van der Waals surface area contributed by atoms with Crippen molar-refractivity contribution < 1.29 is 8.78 Å². The lowest BCUT2D eigenvalue weighted by molar-refractivity contribution is 0.566. The van der Waals surface area contributed by atoms with E-state index in [1.807, 2.05) is 24.3 Å². The average Bonchev–Trinajstić information content (AvgIpc) is 2.72. The number of aryl methyl sites for hydroxylation is 1. The summed E-state index contributed by atoms with van der Waals surface area (Å²) in [5.74, 6) is -1.15. The van der Waals surface area contributed by atoms with Gasteiger partial charge in [0.25, 0.3) is 0 Å². The molecule has 0 heterocycles. The maximum Gasteiger partial charge on any atom is 0.141 e. The largest absolute Gasteiger partial charge is 0.385 e. The minimum atomic E-state index is -0.577. The van der Waals surface area contributed by atoms with Gasteiger partial charge in [0.15, 0.2) is 0 Å². The zero-order valence-corrected chi connectivity index (χ0v) is 17.3. The van der Waals surface area contributed by atoms with Crippen LogP contribution < -0.4 is 10.0 Å². The SMILES string of the molecule is C/C(=C\Cc1ccccc1C)NCc1ccc(NSc2ccc(F)cc2F)cc1. The van der Waals surface area contributed by atoms with Crippen LogP contribution in [0.2, 0.25) is 0 Å². The Balaban J connectivity index is 1.48. The van der Waals surface area contributed by atoms with Gasteiger partial charge in [-0.15, -0.1) is 0 Å². The first-order valence-electron chi connectivity index (χ1n) is 9.43. The van der Waals surface area contributed by atoms with E-state index in [0.717, 1.165) is 47.9 Å². The molecule has 0 aromatic heterocycles. The lowest BCUT2D eigenvalue weighted by atomic mass is 10.1. The molecule has 3 aromatic rings. The normalized spacial score (nSPS) is 11.4. The summed E-state index contributed by atoms with van der Waals surface area (Å²) in [6.07, 6.45) is 3.11. The van der Waals surface area contributed by atoms with E-state index < -0.39 is 11.6 Å². The van der Waals surface area contributed by atoms with Crippen molar-refractivity contribution in [2.24, 2.45) is 0 Å². The molecular formula is C24H24F2N2S. The lowest BCUT2D eigenvalue weighted by Crippen LogP contribution is -2.10. The number of allylic oxidation sites excluding steroid dienone is 2. The topological polar surface area (TPSA) is 24.1 Å². The Kier molecular flexibility index (Phi) is 7.30. The van der Waals surface area contributed by atoms with Crippen LogP contribution in [0.5, 0.6) is 0 Å². The molecule has 0 saturated heterocycles. The number of nitrogens with one attached hydrogen (secondary N) is 2. The predicted molar refractivity (Wildman–Crippen MR) is 118 cm³/mol. The summed E-state index contributed by atoms with van der Waals surface area (Å²) in [6, 6.07) is 19.9. The monoisotopic (exact) mass is 410 g/mol. The van der Waals surface area contributed by atoms with Crippen LogP contribution in [0, 0.1) is 18.6 Å². The fraction of sp³-hybridized carbons (Fsp3) is 0.167. The van der Waals surface area contributed by atoms with Gasteiger partial charge < -0.3 is 10.0 Å². The van der Waals surface area contributed by atoms with E-state index in [9.17, 15) is 8.78 Å². The van der Waals surface area contributed by atoms with Gasteiger partial charge in [-0.2, -0.15) is 0 Å². The summed E-state index contributed by atoms with van der Waals surface area (Å²) in [4.78, 5) is 0.353. The zero-order chi connectivity index (χ0) is 20.6. The molecule has 0 aliphatic rings. The summed E-state index contributed by atoms with van der Waals surface area (Å²) in [7, 11) is 0. The van der Waals surface area contributed by atoms with Crippen LogP contribution >= 0.6 is 11.9 Å². The molecular weight excluding hydrogens is 386 g/mol. The van der Waals surface area contributed by atoms with Gasteiger partial charge in [0.2, 0.25) is 0 Å². The van der Waals surface area contributed by atoms with Crippen molar-refractivity contribution in [3.8, 4) is 0 Å². The van der Waals surface area contributed by atoms with Gasteiger partial charge in [-0.1, -0.05) is 42.5 Å². The standard InChI is InChI=1S/C24H24F2N2S/c1-17-5-3-4-6-20(17)10-7-18(2)27-16-19-8-12-22(13-9-19)28-29-24-14-11-21(25)15-23(24)26/h3-9,11-15,27-28H,10,16H2,1-2H3/b18-7+. The highest BCUT2D eigenvalue weighted by Crippen LogP contribution is 2.24. The van der Waals surface area contributed by atoms with Crippen molar-refractivity contribution in [1.29, 1.82) is 0 Å². The van der Waals surface area contributed by atoms with Gasteiger partial charge in [-0.05, 0) is 73.2 Å². The van der Waals surface area contributed by atoms with E-state index in [2.05, 4.69) is 54.2 Å². The molecule has 0 amide bonds. The van der Waals surface area contributed by atoms with Crippen LogP contribution in [-0.4, -0.2) is 0 Å². The fourth-order valence-corrected chi connectivity index (χ4v) is 3.43. The van der Waals surface area contributed by atoms with Crippen LogP contribution in [0.1, 0.15) is 23.6 Å². The Bertz CT molecular complexity index is 984. The lowest BCUT2D eigenvalue weighted by Gasteiger charge is -2.10. The molecule has 0 aliphatic carbocycles. The molecule has 3 aromatic carbocycles. The number of hydrogen-bond acceptors (Lipinski definition) is 3. The van der Waals surface area contributed by atoms with Gasteiger partial charge in [-0.3, -0.25) is 0 Å². The van der Waals surface area contributed by atoms with Gasteiger partial charge in [0.05, 0.1) is 4.90 Å². The third-order valence-electron chi connectivity index (χ3n) is 4.59. The first-order chi connectivity index (χ1) is 14.0. The van der Waals surface area contributed by atoms with Crippen molar-refractivity contribution >= 4 is 17.6 Å². The molecule has 0 spiro atoms. The second kappa shape index (κ2) is 10.1. The predicted octanol–water partition coefficient (Wildman–Crippen LogP) is 6.63. The molecule has 150 valence electrons. The summed E-state index contributed by atoms with van der Waals surface area (Å²) in [5, 5.41) is 3.43. The van der Waals surface area contributed by atoms with Crippen LogP contribution in [0.25, 0.3) is 0 Å². The third-order valence-corrected chi connectivity index (χ3v) is 5.48. The molecule has 0 atom stereocenters. The van der Waals surface area contributed by atoms with Gasteiger partial charge in [0, 0.05) is 24.0 Å². The molecule has 0 unspecified atom stereocenters. The Morgan fingerprint density at radius 3 is 2.48 bits per heavy atom. The second-order valence-corrected chi connectivity index (χ2v) is 7.70. The molecule has 29 heavy (non-hydrogen) atoms. The Hall–Kier alpha value is -2.79. The number of anilines is 1. The van der Waals surface area contributed by atoms with Crippen LogP contribution in [0.4, 0.5) is 14.5 Å². The maximum absolute atomic E-state index is 13.7. The van der Waals surface area contributed by atoms with Crippen molar-refractivity contribution in [1.82, 2.24) is 5.32 Å². The van der Waals surface area contributed by atoms with Gasteiger partial charge in [0.1, 0.15) is 11.6 Å². The summed E-state index contributed by atoms with van der Waals surface area (Å²) < 4.78 is 29.7. The first-order valence-corrected chi connectivity index (χ1v) is 10.2. The average molecular weight is 411 g/mol. The molecule has 0 fully saturated rings. The zero-order valence-electron chi connectivity index (χ0n) is 16.5. The van der Waals surface area contributed by atoms with Crippen LogP contribution in [0.15, 0.2) is 83.4 Å². The highest BCUT2D eigenvalue weighted by atomic mass is 32.2. The molecule has 0 aliphatic heterocycles. The molecule has 0 saturated carbocycles. The Morgan fingerprint density at radius 2 is 1.76 bits per heavy atom. The van der Waals surface area contributed by atoms with Crippen LogP contribution in [0.3, 0.4) is 0 Å². The van der Waals surface area contributed by atoms with Gasteiger partial charge in [-0.25, -0.2) is 8.78 Å². The van der Waals surface area contributed by atoms with E-state index in [-0.39, 0.29) is 0 Å². The maximum atomic E-state index is 13.7. The number of hydrogen-bond donors (Lipinski definition) is 2. The molecule has 2 nitrogen and oxygen atoms in total. The fourth-order valence-electron chi connectivity index (χ4n) is 2.78. The molecule has 2 N–H and O–H groups in total. The Morgan fingerprint density at radius 1 is 1.00 bits per heavy atom. The molecule has 0 radical (unpaired) electrons. The highest BCUT2D eigenvalue weighted by Gasteiger charge is 2.05. The summed E-state index contributed by atoms with van der Waals surface area (Å²) in [5.41, 5.74) is 5.78. The quantitative estimate of drug-likeness (QED) is 0.408. The second-order valence-electron chi connectivity index (χ2n) is 6.85. The number of benzene rings is 3. The minimum absolute atomic E-state index is 0.353. The van der Waals surface area contributed by atoms with E-state index in [1.54, 1.807) is 0 Å². The molecule has 5 heteroatoms. The highest BCUT2D eigenvalue weighted by molar-refractivity contribution is 8.00. The first kappa shape index (κ1) is 20.9. The Labute approximate surface area is 175 Å². The van der Waals surface area contributed by atoms with E-state index in [1.165, 1.54) is 23.3 Å².